The number of hydrogen-bond donors (Lipinski definition) is 0. The van der Waals surface area contributed by atoms with Gasteiger partial charge < -0.3 is 9.80 Å². The highest BCUT2D eigenvalue weighted by Crippen LogP contribution is 2.25. The third kappa shape index (κ3) is 4.98. The van der Waals surface area contributed by atoms with E-state index in [1.165, 1.54) is 0 Å². The molecule has 0 N–H and O–H groups in total. The maximum absolute atomic E-state index is 13.0. The molecule has 0 aliphatic heterocycles. The first-order valence-electron chi connectivity index (χ1n) is 10.4. The van der Waals surface area contributed by atoms with E-state index in [1.54, 1.807) is 4.57 Å². The normalized spacial score (nSPS) is 12.5. The van der Waals surface area contributed by atoms with Crippen molar-refractivity contribution in [3.63, 3.8) is 0 Å². The summed E-state index contributed by atoms with van der Waals surface area (Å²) >= 11 is 0. The van der Waals surface area contributed by atoms with Crippen molar-refractivity contribution in [1.29, 1.82) is 0 Å². The van der Waals surface area contributed by atoms with Crippen LogP contribution in [0.25, 0.3) is 10.9 Å². The fourth-order valence-electron chi connectivity index (χ4n) is 3.52. The monoisotopic (exact) mass is 386 g/mol. The van der Waals surface area contributed by atoms with E-state index in [9.17, 15) is 9.59 Å². The summed E-state index contributed by atoms with van der Waals surface area (Å²) in [6.07, 6.45) is 3.11. The Morgan fingerprint density at radius 1 is 1.14 bits per heavy atom. The Labute approximate surface area is 168 Å². The molecular formula is C22H34N4O2. The number of aromatic nitrogens is 2. The maximum Gasteiger partial charge on any atom is 0.261 e. The third-order valence-corrected chi connectivity index (χ3v) is 5.12. The van der Waals surface area contributed by atoms with Gasteiger partial charge in [0, 0.05) is 26.1 Å². The van der Waals surface area contributed by atoms with E-state index < -0.39 is 0 Å². The zero-order chi connectivity index (χ0) is 20.7. The predicted octanol–water partition coefficient (Wildman–Crippen LogP) is 3.45. The van der Waals surface area contributed by atoms with Crippen LogP contribution in [0.4, 0.5) is 0 Å². The van der Waals surface area contributed by atoms with Crippen LogP contribution in [0.15, 0.2) is 29.1 Å². The maximum atomic E-state index is 13.0. The van der Waals surface area contributed by atoms with Gasteiger partial charge in [0.2, 0.25) is 5.91 Å². The van der Waals surface area contributed by atoms with Gasteiger partial charge in [-0.2, -0.15) is 0 Å². The lowest BCUT2D eigenvalue weighted by Gasteiger charge is -2.33. The number of benzene rings is 1. The standard InChI is InChI=1S/C22H34N4O2/c1-6-9-14-20(27)26(16-15-24(4)5)19(7-2)21-23-18-13-11-10-12-17(18)22(28)25(21)8-3/h10-13,19H,6-9,14-16H2,1-5H3. The van der Waals surface area contributed by atoms with Crippen LogP contribution in [-0.2, 0) is 11.3 Å². The Hall–Kier alpha value is -2.21. The molecule has 6 nitrogen and oxygen atoms in total. The highest BCUT2D eigenvalue weighted by atomic mass is 16.2. The van der Waals surface area contributed by atoms with E-state index in [1.807, 2.05) is 50.2 Å². The second-order valence-electron chi connectivity index (χ2n) is 7.45. The van der Waals surface area contributed by atoms with Crippen LogP contribution in [0.1, 0.15) is 58.3 Å². The molecule has 0 bridgehead atoms. The molecule has 0 aliphatic rings. The SMILES string of the molecule is CCCCC(=O)N(CCN(C)C)C(CC)c1nc2ccccc2c(=O)n1CC. The van der Waals surface area contributed by atoms with E-state index in [-0.39, 0.29) is 17.5 Å². The van der Waals surface area contributed by atoms with Crippen molar-refractivity contribution < 1.29 is 4.79 Å². The van der Waals surface area contributed by atoms with Gasteiger partial charge >= 0.3 is 0 Å². The largest absolute Gasteiger partial charge is 0.331 e. The second kappa shape index (κ2) is 10.4. The number of para-hydroxylation sites is 1. The fourth-order valence-corrected chi connectivity index (χ4v) is 3.52. The molecule has 0 saturated carbocycles. The van der Waals surface area contributed by atoms with E-state index in [2.05, 4.69) is 18.7 Å². The molecule has 2 rings (SSSR count). The number of carbonyl (C=O) groups is 1. The lowest BCUT2D eigenvalue weighted by molar-refractivity contribution is -0.134. The first kappa shape index (κ1) is 22.1. The number of carbonyl (C=O) groups excluding carboxylic acids is 1. The van der Waals surface area contributed by atoms with Crippen LogP contribution < -0.4 is 5.56 Å². The van der Waals surface area contributed by atoms with Crippen LogP contribution >= 0.6 is 0 Å². The molecule has 6 heteroatoms. The number of rotatable bonds is 10. The molecule has 2 aromatic rings. The van der Waals surface area contributed by atoms with Crippen molar-refractivity contribution in [3.8, 4) is 0 Å². The number of unbranched alkanes of at least 4 members (excludes halogenated alkanes) is 1. The summed E-state index contributed by atoms with van der Waals surface area (Å²) < 4.78 is 1.73. The predicted molar refractivity (Wildman–Crippen MR) is 115 cm³/mol. The number of amides is 1. The van der Waals surface area contributed by atoms with Gasteiger partial charge in [-0.05, 0) is 46.0 Å². The van der Waals surface area contributed by atoms with Gasteiger partial charge in [-0.25, -0.2) is 4.98 Å². The van der Waals surface area contributed by atoms with E-state index >= 15 is 0 Å². The summed E-state index contributed by atoms with van der Waals surface area (Å²) in [4.78, 5) is 34.9. The number of fused-ring (bicyclic) bond motifs is 1. The molecule has 1 amide bonds. The Balaban J connectivity index is 2.54. The van der Waals surface area contributed by atoms with Gasteiger partial charge in [-0.15, -0.1) is 0 Å². The van der Waals surface area contributed by atoms with Gasteiger partial charge in [0.05, 0.1) is 16.9 Å². The molecule has 1 aromatic carbocycles. The number of hydrogen-bond acceptors (Lipinski definition) is 4. The molecule has 1 aromatic heterocycles. The highest BCUT2D eigenvalue weighted by molar-refractivity contribution is 5.78. The molecule has 0 saturated heterocycles. The molecular weight excluding hydrogens is 352 g/mol. The Morgan fingerprint density at radius 3 is 2.46 bits per heavy atom. The Kier molecular flexibility index (Phi) is 8.18. The average Bonchev–Trinajstić information content (AvgIpc) is 2.69. The van der Waals surface area contributed by atoms with Crippen LogP contribution in [0, 0.1) is 0 Å². The molecule has 1 unspecified atom stereocenters. The van der Waals surface area contributed by atoms with Gasteiger partial charge in [-0.1, -0.05) is 32.4 Å². The first-order valence-corrected chi connectivity index (χ1v) is 10.4. The van der Waals surface area contributed by atoms with Crippen molar-refractivity contribution >= 4 is 16.8 Å². The number of likely N-dealkylation sites (N-methyl/N-ethyl adjacent to an activating group) is 1. The van der Waals surface area contributed by atoms with Crippen LogP contribution in [-0.4, -0.2) is 52.4 Å². The minimum Gasteiger partial charge on any atom is -0.331 e. The van der Waals surface area contributed by atoms with Crippen molar-refractivity contribution in [2.24, 2.45) is 0 Å². The van der Waals surface area contributed by atoms with E-state index in [0.29, 0.717) is 36.2 Å². The Morgan fingerprint density at radius 2 is 1.86 bits per heavy atom. The molecule has 154 valence electrons. The average molecular weight is 387 g/mol. The molecule has 0 aliphatic carbocycles. The zero-order valence-electron chi connectivity index (χ0n) is 17.9. The first-order chi connectivity index (χ1) is 13.4. The van der Waals surface area contributed by atoms with Crippen molar-refractivity contribution in [1.82, 2.24) is 19.4 Å². The summed E-state index contributed by atoms with van der Waals surface area (Å²) in [5.74, 6) is 0.831. The smallest absolute Gasteiger partial charge is 0.261 e. The molecule has 28 heavy (non-hydrogen) atoms. The summed E-state index contributed by atoms with van der Waals surface area (Å²) in [5.41, 5.74) is 0.661. The lowest BCUT2D eigenvalue weighted by atomic mass is 10.1. The highest BCUT2D eigenvalue weighted by Gasteiger charge is 2.27. The van der Waals surface area contributed by atoms with E-state index in [0.717, 1.165) is 25.8 Å². The summed E-state index contributed by atoms with van der Waals surface area (Å²) in [5, 5.41) is 0.625. The van der Waals surface area contributed by atoms with Gasteiger partial charge in [0.25, 0.3) is 5.56 Å². The second-order valence-corrected chi connectivity index (χ2v) is 7.45. The van der Waals surface area contributed by atoms with Crippen molar-refractivity contribution in [2.75, 3.05) is 27.2 Å². The quantitative estimate of drug-likeness (QED) is 0.628. The fraction of sp³-hybridized carbons (Fsp3) is 0.591. The van der Waals surface area contributed by atoms with Gasteiger partial charge in [-0.3, -0.25) is 14.2 Å². The Bertz CT molecular complexity index is 844. The summed E-state index contributed by atoms with van der Waals surface area (Å²) in [6, 6.07) is 7.24. The zero-order valence-corrected chi connectivity index (χ0v) is 17.9. The topological polar surface area (TPSA) is 58.4 Å². The van der Waals surface area contributed by atoms with Crippen LogP contribution in [0.3, 0.4) is 0 Å². The van der Waals surface area contributed by atoms with Crippen molar-refractivity contribution in [3.05, 3.63) is 40.4 Å². The summed E-state index contributed by atoms with van der Waals surface area (Å²) in [6.45, 7) is 8.04. The van der Waals surface area contributed by atoms with Gasteiger partial charge in [0.15, 0.2) is 0 Å². The third-order valence-electron chi connectivity index (χ3n) is 5.12. The molecule has 0 fully saturated rings. The van der Waals surface area contributed by atoms with Crippen LogP contribution in [0.2, 0.25) is 0 Å². The van der Waals surface area contributed by atoms with E-state index in [4.69, 9.17) is 4.98 Å². The van der Waals surface area contributed by atoms with Crippen molar-refractivity contribution in [2.45, 2.75) is 59.0 Å². The minimum atomic E-state index is -0.207. The lowest BCUT2D eigenvalue weighted by Crippen LogP contribution is -2.41. The van der Waals surface area contributed by atoms with Crippen LogP contribution in [0.5, 0.6) is 0 Å². The molecule has 1 atom stereocenters. The molecule has 0 spiro atoms. The number of nitrogens with zero attached hydrogens (tertiary/aromatic N) is 4. The summed E-state index contributed by atoms with van der Waals surface area (Å²) in [7, 11) is 4.01. The van der Waals surface area contributed by atoms with Gasteiger partial charge in [0.1, 0.15) is 5.82 Å². The minimum absolute atomic E-state index is 0.0323. The molecule has 1 heterocycles. The molecule has 0 radical (unpaired) electrons.